The Kier molecular flexibility index (Phi) is 6.35. The van der Waals surface area contributed by atoms with Crippen LogP contribution in [0.4, 0.5) is 0 Å². The summed E-state index contributed by atoms with van der Waals surface area (Å²) >= 11 is 3.13. The molecule has 1 rings (SSSR count). The summed E-state index contributed by atoms with van der Waals surface area (Å²) < 4.78 is 10.6. The van der Waals surface area contributed by atoms with Crippen LogP contribution in [0.2, 0.25) is 0 Å². The molecule has 0 saturated carbocycles. The molecule has 0 radical (unpaired) electrons. The minimum Gasteiger partial charge on any atom is -0.482 e. The third kappa shape index (κ3) is 5.30. The first-order valence-corrected chi connectivity index (χ1v) is 6.65. The van der Waals surface area contributed by atoms with Gasteiger partial charge in [0.05, 0.1) is 12.2 Å². The van der Waals surface area contributed by atoms with Crippen LogP contribution < -0.4 is 4.74 Å². The lowest BCUT2D eigenvalue weighted by molar-refractivity contribution is -0.146. The van der Waals surface area contributed by atoms with E-state index in [4.69, 9.17) is 14.6 Å². The number of halogens is 1. The van der Waals surface area contributed by atoms with Crippen LogP contribution in [-0.4, -0.2) is 30.3 Å². The predicted octanol–water partition coefficient (Wildman–Crippen LogP) is 2.87. The largest absolute Gasteiger partial charge is 0.482 e. The lowest BCUT2D eigenvalue weighted by Gasteiger charge is -2.08. The van der Waals surface area contributed by atoms with Crippen LogP contribution in [0.1, 0.15) is 30.1 Å². The summed E-state index contributed by atoms with van der Waals surface area (Å²) in [5, 5.41) is 8.93. The van der Waals surface area contributed by atoms with Gasteiger partial charge in [-0.25, -0.2) is 9.59 Å². The first-order chi connectivity index (χ1) is 9.04. The van der Waals surface area contributed by atoms with Crippen molar-refractivity contribution in [2.45, 2.75) is 19.8 Å². The maximum atomic E-state index is 11.3. The molecule has 1 aromatic rings. The van der Waals surface area contributed by atoms with Crippen molar-refractivity contribution in [2.24, 2.45) is 0 Å². The predicted molar refractivity (Wildman–Crippen MR) is 72.5 cm³/mol. The summed E-state index contributed by atoms with van der Waals surface area (Å²) in [7, 11) is 0. The normalized spacial score (nSPS) is 10.0. The van der Waals surface area contributed by atoms with Crippen molar-refractivity contribution in [1.82, 2.24) is 0 Å². The number of aromatic carboxylic acids is 1. The second kappa shape index (κ2) is 7.78. The van der Waals surface area contributed by atoms with Crippen molar-refractivity contribution < 1.29 is 24.2 Å². The molecule has 104 valence electrons. The van der Waals surface area contributed by atoms with Crippen molar-refractivity contribution in [3.8, 4) is 5.75 Å². The van der Waals surface area contributed by atoms with Crippen molar-refractivity contribution >= 4 is 27.9 Å². The van der Waals surface area contributed by atoms with E-state index in [1.165, 1.54) is 6.07 Å². The first-order valence-electron chi connectivity index (χ1n) is 5.86. The zero-order chi connectivity index (χ0) is 14.3. The SMILES string of the molecule is CCCCOC(=O)COc1ccc(Br)c(C(=O)O)c1. The Morgan fingerprint density at radius 1 is 1.37 bits per heavy atom. The number of rotatable bonds is 7. The van der Waals surface area contributed by atoms with Crippen LogP contribution in [-0.2, 0) is 9.53 Å². The molecule has 0 aliphatic rings. The lowest BCUT2D eigenvalue weighted by Crippen LogP contribution is -2.15. The highest BCUT2D eigenvalue weighted by Crippen LogP contribution is 2.22. The fourth-order valence-electron chi connectivity index (χ4n) is 1.27. The molecule has 0 spiro atoms. The Morgan fingerprint density at radius 2 is 2.11 bits per heavy atom. The Balaban J connectivity index is 2.51. The molecule has 6 heteroatoms. The van der Waals surface area contributed by atoms with E-state index in [-0.39, 0.29) is 12.2 Å². The molecule has 0 heterocycles. The van der Waals surface area contributed by atoms with E-state index < -0.39 is 11.9 Å². The Hall–Kier alpha value is -1.56. The van der Waals surface area contributed by atoms with E-state index in [1.54, 1.807) is 12.1 Å². The van der Waals surface area contributed by atoms with Crippen LogP contribution in [0.3, 0.4) is 0 Å². The van der Waals surface area contributed by atoms with Crippen molar-refractivity contribution in [3.63, 3.8) is 0 Å². The fraction of sp³-hybridized carbons (Fsp3) is 0.385. The third-order valence-electron chi connectivity index (χ3n) is 2.29. The van der Waals surface area contributed by atoms with E-state index in [0.29, 0.717) is 16.8 Å². The second-order valence-corrected chi connectivity index (χ2v) is 4.66. The number of carboxylic acids is 1. The third-order valence-corrected chi connectivity index (χ3v) is 2.98. The molecule has 0 amide bonds. The number of unbranched alkanes of at least 4 members (excludes halogenated alkanes) is 1. The molecule has 0 atom stereocenters. The van der Waals surface area contributed by atoms with Gasteiger partial charge in [-0.2, -0.15) is 0 Å². The van der Waals surface area contributed by atoms with Gasteiger partial charge in [0, 0.05) is 4.47 Å². The molecule has 5 nitrogen and oxygen atoms in total. The van der Waals surface area contributed by atoms with Gasteiger partial charge in [-0.3, -0.25) is 0 Å². The van der Waals surface area contributed by atoms with Gasteiger partial charge in [0.25, 0.3) is 0 Å². The highest BCUT2D eigenvalue weighted by molar-refractivity contribution is 9.10. The molecule has 0 saturated heterocycles. The summed E-state index contributed by atoms with van der Waals surface area (Å²) in [5.41, 5.74) is 0.0804. The van der Waals surface area contributed by atoms with E-state index in [9.17, 15) is 9.59 Å². The fourth-order valence-corrected chi connectivity index (χ4v) is 1.69. The number of esters is 1. The molecular weight excluding hydrogens is 316 g/mol. The average Bonchev–Trinajstić information content (AvgIpc) is 2.37. The number of carbonyl (C=O) groups excluding carboxylic acids is 1. The monoisotopic (exact) mass is 330 g/mol. The van der Waals surface area contributed by atoms with Gasteiger partial charge in [-0.05, 0) is 40.5 Å². The number of carboxylic acid groups (broad SMARTS) is 1. The zero-order valence-electron chi connectivity index (χ0n) is 10.5. The summed E-state index contributed by atoms with van der Waals surface area (Å²) in [6.07, 6.45) is 1.76. The molecule has 0 aliphatic heterocycles. The summed E-state index contributed by atoms with van der Waals surface area (Å²) in [6.45, 7) is 2.14. The molecule has 0 unspecified atom stereocenters. The minimum atomic E-state index is -1.07. The van der Waals surface area contributed by atoms with Gasteiger partial charge < -0.3 is 14.6 Å². The number of hydrogen-bond donors (Lipinski definition) is 1. The van der Waals surface area contributed by atoms with Crippen molar-refractivity contribution in [3.05, 3.63) is 28.2 Å². The molecule has 0 fully saturated rings. The van der Waals surface area contributed by atoms with Gasteiger partial charge >= 0.3 is 11.9 Å². The van der Waals surface area contributed by atoms with Crippen molar-refractivity contribution in [2.75, 3.05) is 13.2 Å². The van der Waals surface area contributed by atoms with E-state index in [1.807, 2.05) is 6.92 Å². The van der Waals surface area contributed by atoms with Crippen LogP contribution in [0, 0.1) is 0 Å². The van der Waals surface area contributed by atoms with Crippen LogP contribution in [0.25, 0.3) is 0 Å². The maximum absolute atomic E-state index is 11.3. The molecule has 0 aromatic heterocycles. The average molecular weight is 331 g/mol. The molecule has 1 aromatic carbocycles. The topological polar surface area (TPSA) is 72.8 Å². The molecule has 0 aliphatic carbocycles. The minimum absolute atomic E-state index is 0.0804. The van der Waals surface area contributed by atoms with Gasteiger partial charge in [0.2, 0.25) is 0 Å². The van der Waals surface area contributed by atoms with Gasteiger partial charge in [-0.15, -0.1) is 0 Å². The standard InChI is InChI=1S/C13H15BrO5/c1-2-3-6-18-12(15)8-19-9-4-5-11(14)10(7-9)13(16)17/h4-5,7H,2-3,6,8H2,1H3,(H,16,17). The second-order valence-electron chi connectivity index (χ2n) is 3.81. The number of benzene rings is 1. The lowest BCUT2D eigenvalue weighted by atomic mass is 10.2. The number of hydrogen-bond acceptors (Lipinski definition) is 4. The number of ether oxygens (including phenoxy) is 2. The summed E-state index contributed by atoms with van der Waals surface area (Å²) in [5.74, 6) is -1.22. The molecule has 1 N–H and O–H groups in total. The summed E-state index contributed by atoms with van der Waals surface area (Å²) in [6, 6.07) is 4.49. The van der Waals surface area contributed by atoms with E-state index >= 15 is 0 Å². The van der Waals surface area contributed by atoms with Crippen LogP contribution in [0.15, 0.2) is 22.7 Å². The Bertz CT molecular complexity index is 458. The quantitative estimate of drug-likeness (QED) is 0.614. The highest BCUT2D eigenvalue weighted by Gasteiger charge is 2.10. The Labute approximate surface area is 119 Å². The molecular formula is C13H15BrO5. The van der Waals surface area contributed by atoms with Gasteiger partial charge in [0.1, 0.15) is 5.75 Å². The smallest absolute Gasteiger partial charge is 0.344 e. The van der Waals surface area contributed by atoms with Gasteiger partial charge in [-0.1, -0.05) is 13.3 Å². The van der Waals surface area contributed by atoms with E-state index in [2.05, 4.69) is 15.9 Å². The van der Waals surface area contributed by atoms with E-state index in [0.717, 1.165) is 12.8 Å². The molecule has 19 heavy (non-hydrogen) atoms. The van der Waals surface area contributed by atoms with Crippen LogP contribution >= 0.6 is 15.9 Å². The van der Waals surface area contributed by atoms with Gasteiger partial charge in [0.15, 0.2) is 6.61 Å². The molecule has 0 bridgehead atoms. The van der Waals surface area contributed by atoms with Crippen LogP contribution in [0.5, 0.6) is 5.75 Å². The first kappa shape index (κ1) is 15.5. The maximum Gasteiger partial charge on any atom is 0.344 e. The Morgan fingerprint density at radius 3 is 2.74 bits per heavy atom. The number of carbonyl (C=O) groups is 2. The zero-order valence-corrected chi connectivity index (χ0v) is 12.1. The summed E-state index contributed by atoms with van der Waals surface area (Å²) in [4.78, 5) is 22.2. The van der Waals surface area contributed by atoms with Crippen molar-refractivity contribution in [1.29, 1.82) is 0 Å². The highest BCUT2D eigenvalue weighted by atomic mass is 79.9.